The fourth-order valence-electron chi connectivity index (χ4n) is 1.96. The molecule has 0 saturated carbocycles. The standard InChI is InChI=1S/C14H15NO3/c1-10-7-12(14(16)17)3-4-13(10)15(2)8-11-5-6-18-9-11/h3-7,9H,8H2,1-2H3,(H,16,17). The molecule has 4 heteroatoms. The molecule has 1 aromatic heterocycles. The first-order valence-corrected chi connectivity index (χ1v) is 5.64. The maximum atomic E-state index is 10.9. The van der Waals surface area contributed by atoms with E-state index in [2.05, 4.69) is 4.90 Å². The molecule has 2 aromatic rings. The first kappa shape index (κ1) is 12.2. The molecular formula is C14H15NO3. The number of aromatic carboxylic acids is 1. The normalized spacial score (nSPS) is 10.3. The molecule has 1 N–H and O–H groups in total. The lowest BCUT2D eigenvalue weighted by Gasteiger charge is -2.21. The molecule has 2 rings (SSSR count). The summed E-state index contributed by atoms with van der Waals surface area (Å²) in [7, 11) is 1.97. The highest BCUT2D eigenvalue weighted by molar-refractivity contribution is 5.88. The summed E-state index contributed by atoms with van der Waals surface area (Å²) in [6.07, 6.45) is 3.35. The number of hydrogen-bond donors (Lipinski definition) is 1. The first-order valence-electron chi connectivity index (χ1n) is 5.64. The maximum Gasteiger partial charge on any atom is 0.335 e. The van der Waals surface area contributed by atoms with Gasteiger partial charge in [0.05, 0.1) is 18.1 Å². The van der Waals surface area contributed by atoms with Crippen LogP contribution in [-0.4, -0.2) is 18.1 Å². The maximum absolute atomic E-state index is 10.9. The Balaban J connectivity index is 2.20. The molecule has 0 fully saturated rings. The van der Waals surface area contributed by atoms with E-state index in [4.69, 9.17) is 9.52 Å². The van der Waals surface area contributed by atoms with Crippen LogP contribution < -0.4 is 4.90 Å². The Morgan fingerprint density at radius 2 is 2.17 bits per heavy atom. The fraction of sp³-hybridized carbons (Fsp3) is 0.214. The Hall–Kier alpha value is -2.23. The number of carboxylic acid groups (broad SMARTS) is 1. The third-order valence-corrected chi connectivity index (χ3v) is 2.85. The van der Waals surface area contributed by atoms with E-state index < -0.39 is 5.97 Å². The largest absolute Gasteiger partial charge is 0.478 e. The summed E-state index contributed by atoms with van der Waals surface area (Å²) < 4.78 is 5.03. The van der Waals surface area contributed by atoms with Crippen molar-refractivity contribution in [2.75, 3.05) is 11.9 Å². The van der Waals surface area contributed by atoms with E-state index >= 15 is 0 Å². The van der Waals surface area contributed by atoms with Crippen LogP contribution in [0.15, 0.2) is 41.2 Å². The molecule has 0 amide bonds. The average Bonchev–Trinajstić information content (AvgIpc) is 2.81. The van der Waals surface area contributed by atoms with Gasteiger partial charge in [-0.05, 0) is 36.8 Å². The lowest BCUT2D eigenvalue weighted by molar-refractivity contribution is 0.0697. The van der Waals surface area contributed by atoms with Crippen molar-refractivity contribution in [1.82, 2.24) is 0 Å². The number of nitrogens with zero attached hydrogens (tertiary/aromatic N) is 1. The Morgan fingerprint density at radius 3 is 2.72 bits per heavy atom. The quantitative estimate of drug-likeness (QED) is 0.899. The SMILES string of the molecule is Cc1cc(C(=O)O)ccc1N(C)Cc1ccoc1. The molecule has 1 heterocycles. The van der Waals surface area contributed by atoms with Gasteiger partial charge in [0, 0.05) is 24.8 Å². The Labute approximate surface area is 105 Å². The molecule has 0 aliphatic rings. The van der Waals surface area contributed by atoms with Crippen LogP contribution >= 0.6 is 0 Å². The highest BCUT2D eigenvalue weighted by Gasteiger charge is 2.09. The van der Waals surface area contributed by atoms with Crippen molar-refractivity contribution in [1.29, 1.82) is 0 Å². The zero-order valence-electron chi connectivity index (χ0n) is 10.4. The molecule has 0 radical (unpaired) electrons. The number of rotatable bonds is 4. The van der Waals surface area contributed by atoms with Crippen LogP contribution in [0, 0.1) is 6.92 Å². The van der Waals surface area contributed by atoms with E-state index in [1.807, 2.05) is 26.1 Å². The van der Waals surface area contributed by atoms with E-state index in [0.717, 1.165) is 23.4 Å². The lowest BCUT2D eigenvalue weighted by Crippen LogP contribution is -2.17. The van der Waals surface area contributed by atoms with E-state index in [1.165, 1.54) is 0 Å². The topological polar surface area (TPSA) is 53.7 Å². The molecule has 0 spiro atoms. The summed E-state index contributed by atoms with van der Waals surface area (Å²) in [5, 5.41) is 8.92. The summed E-state index contributed by atoms with van der Waals surface area (Å²) >= 11 is 0. The summed E-state index contributed by atoms with van der Waals surface area (Å²) in [5.74, 6) is -0.901. The van der Waals surface area contributed by atoms with Crippen LogP contribution in [0.4, 0.5) is 5.69 Å². The van der Waals surface area contributed by atoms with Gasteiger partial charge >= 0.3 is 5.97 Å². The number of carboxylic acids is 1. The van der Waals surface area contributed by atoms with Gasteiger partial charge in [0.25, 0.3) is 0 Å². The Morgan fingerprint density at radius 1 is 1.39 bits per heavy atom. The predicted octanol–water partition coefficient (Wildman–Crippen LogP) is 2.92. The third kappa shape index (κ3) is 2.53. The molecule has 1 aromatic carbocycles. The van der Waals surface area contributed by atoms with E-state index in [9.17, 15) is 4.79 Å². The monoisotopic (exact) mass is 245 g/mol. The van der Waals surface area contributed by atoms with Gasteiger partial charge in [0.2, 0.25) is 0 Å². The molecule has 0 atom stereocenters. The highest BCUT2D eigenvalue weighted by Crippen LogP contribution is 2.22. The van der Waals surface area contributed by atoms with Crippen LogP contribution in [0.3, 0.4) is 0 Å². The van der Waals surface area contributed by atoms with Gasteiger partial charge in [-0.25, -0.2) is 4.79 Å². The zero-order valence-corrected chi connectivity index (χ0v) is 10.4. The number of hydrogen-bond acceptors (Lipinski definition) is 3. The van der Waals surface area contributed by atoms with E-state index in [0.29, 0.717) is 5.56 Å². The molecule has 0 unspecified atom stereocenters. The Bertz CT molecular complexity index is 546. The second-order valence-corrected chi connectivity index (χ2v) is 4.29. The third-order valence-electron chi connectivity index (χ3n) is 2.85. The number of benzene rings is 1. The minimum atomic E-state index is -0.901. The van der Waals surface area contributed by atoms with Gasteiger partial charge in [-0.2, -0.15) is 0 Å². The molecule has 94 valence electrons. The van der Waals surface area contributed by atoms with Gasteiger partial charge in [0.1, 0.15) is 0 Å². The molecule has 18 heavy (non-hydrogen) atoms. The van der Waals surface area contributed by atoms with E-state index in [1.54, 1.807) is 24.7 Å². The van der Waals surface area contributed by atoms with Gasteiger partial charge in [0.15, 0.2) is 0 Å². The van der Waals surface area contributed by atoms with Crippen molar-refractivity contribution in [2.45, 2.75) is 13.5 Å². The van der Waals surface area contributed by atoms with Crippen LogP contribution in [0.5, 0.6) is 0 Å². The molecule has 0 aliphatic heterocycles. The van der Waals surface area contributed by atoms with E-state index in [-0.39, 0.29) is 0 Å². The van der Waals surface area contributed by atoms with Gasteiger partial charge in [-0.1, -0.05) is 0 Å². The molecule has 0 saturated heterocycles. The summed E-state index contributed by atoms with van der Waals surface area (Å²) in [6.45, 7) is 2.64. The number of aryl methyl sites for hydroxylation is 1. The average molecular weight is 245 g/mol. The zero-order chi connectivity index (χ0) is 13.1. The summed E-state index contributed by atoms with van der Waals surface area (Å²) in [6, 6.07) is 7.05. The number of anilines is 1. The minimum absolute atomic E-state index is 0.313. The van der Waals surface area contributed by atoms with Crippen molar-refractivity contribution in [3.63, 3.8) is 0 Å². The van der Waals surface area contributed by atoms with Gasteiger partial charge in [-0.15, -0.1) is 0 Å². The van der Waals surface area contributed by atoms with Crippen molar-refractivity contribution >= 4 is 11.7 Å². The van der Waals surface area contributed by atoms with Crippen LogP contribution in [0.2, 0.25) is 0 Å². The second-order valence-electron chi connectivity index (χ2n) is 4.29. The van der Waals surface area contributed by atoms with Crippen molar-refractivity contribution in [3.05, 3.63) is 53.5 Å². The van der Waals surface area contributed by atoms with Crippen molar-refractivity contribution in [3.8, 4) is 0 Å². The summed E-state index contributed by atoms with van der Waals surface area (Å²) in [5.41, 5.74) is 3.36. The van der Waals surface area contributed by atoms with Crippen LogP contribution in [0.25, 0.3) is 0 Å². The highest BCUT2D eigenvalue weighted by atomic mass is 16.4. The first-order chi connectivity index (χ1) is 8.58. The number of furan rings is 1. The van der Waals surface area contributed by atoms with Crippen molar-refractivity contribution < 1.29 is 14.3 Å². The van der Waals surface area contributed by atoms with Crippen LogP contribution in [-0.2, 0) is 6.54 Å². The van der Waals surface area contributed by atoms with Gasteiger partial charge < -0.3 is 14.4 Å². The molecule has 4 nitrogen and oxygen atoms in total. The van der Waals surface area contributed by atoms with Crippen molar-refractivity contribution in [2.24, 2.45) is 0 Å². The van der Waals surface area contributed by atoms with Crippen LogP contribution in [0.1, 0.15) is 21.5 Å². The fourth-order valence-corrected chi connectivity index (χ4v) is 1.96. The molecular weight excluding hydrogens is 230 g/mol. The second kappa shape index (κ2) is 4.96. The predicted molar refractivity (Wildman–Crippen MR) is 69.0 cm³/mol. The minimum Gasteiger partial charge on any atom is -0.478 e. The lowest BCUT2D eigenvalue weighted by atomic mass is 10.1. The number of carbonyl (C=O) groups is 1. The molecule has 0 aliphatic carbocycles. The summed E-state index contributed by atoms with van der Waals surface area (Å²) in [4.78, 5) is 12.9. The molecule has 0 bridgehead atoms. The van der Waals surface area contributed by atoms with Gasteiger partial charge in [-0.3, -0.25) is 0 Å². The Kier molecular flexibility index (Phi) is 3.37. The smallest absolute Gasteiger partial charge is 0.335 e.